The first-order valence-electron chi connectivity index (χ1n) is 3.86. The Balaban J connectivity index is 2.34. The summed E-state index contributed by atoms with van der Waals surface area (Å²) in [5.41, 5.74) is 5.94. The maximum atomic E-state index is 10.8. The number of primary amides is 1. The first kappa shape index (κ1) is 7.79. The van der Waals surface area contributed by atoms with Crippen molar-refractivity contribution < 1.29 is 9.53 Å². The lowest BCUT2D eigenvalue weighted by Crippen LogP contribution is -2.33. The minimum Gasteiger partial charge on any atom is -0.459 e. The lowest BCUT2D eigenvalue weighted by atomic mass is 10.1. The molecule has 1 aliphatic rings. The molecule has 1 aromatic heterocycles. The number of carbonyl (C=O) groups is 1. The molecule has 1 unspecified atom stereocenters. The van der Waals surface area contributed by atoms with Gasteiger partial charge in [0, 0.05) is 11.8 Å². The highest BCUT2D eigenvalue weighted by Crippen LogP contribution is 2.22. The van der Waals surface area contributed by atoms with Crippen molar-refractivity contribution in [2.75, 3.05) is 0 Å². The third-order valence-corrected chi connectivity index (χ3v) is 1.77. The zero-order valence-electron chi connectivity index (χ0n) is 6.81. The molecule has 0 spiro atoms. The van der Waals surface area contributed by atoms with Gasteiger partial charge < -0.3 is 10.5 Å². The van der Waals surface area contributed by atoms with E-state index in [0.717, 1.165) is 5.56 Å². The van der Waals surface area contributed by atoms with Crippen LogP contribution in [-0.2, 0) is 4.79 Å². The quantitative estimate of drug-likeness (QED) is 0.671. The van der Waals surface area contributed by atoms with Gasteiger partial charge in [0.05, 0.1) is 0 Å². The van der Waals surface area contributed by atoms with E-state index in [1.54, 1.807) is 24.4 Å². The molecule has 1 atom stereocenters. The van der Waals surface area contributed by atoms with Crippen LogP contribution in [-0.4, -0.2) is 17.0 Å². The molecule has 0 bridgehead atoms. The van der Waals surface area contributed by atoms with Gasteiger partial charge in [-0.1, -0.05) is 0 Å². The van der Waals surface area contributed by atoms with Gasteiger partial charge in [-0.2, -0.15) is 0 Å². The highest BCUT2D eigenvalue weighted by atomic mass is 16.5. The normalized spacial score (nSPS) is 18.9. The number of hydrogen-bond donors (Lipinski definition) is 1. The van der Waals surface area contributed by atoms with Crippen molar-refractivity contribution in [3.8, 4) is 5.88 Å². The number of pyridine rings is 1. The van der Waals surface area contributed by atoms with Crippen molar-refractivity contribution in [3.63, 3.8) is 0 Å². The smallest absolute Gasteiger partial charge is 0.262 e. The van der Waals surface area contributed by atoms with Crippen LogP contribution in [0.3, 0.4) is 0 Å². The maximum Gasteiger partial charge on any atom is 0.262 e. The largest absolute Gasteiger partial charge is 0.459 e. The average molecular weight is 176 g/mol. The van der Waals surface area contributed by atoms with Gasteiger partial charge >= 0.3 is 0 Å². The Morgan fingerprint density at radius 3 is 3.23 bits per heavy atom. The summed E-state index contributed by atoms with van der Waals surface area (Å²) in [5, 5.41) is 0. The van der Waals surface area contributed by atoms with Gasteiger partial charge in [-0.05, 0) is 24.3 Å². The summed E-state index contributed by atoms with van der Waals surface area (Å²) >= 11 is 0. The van der Waals surface area contributed by atoms with Crippen molar-refractivity contribution in [2.45, 2.75) is 6.10 Å². The molecule has 0 aromatic carbocycles. The highest BCUT2D eigenvalue weighted by Gasteiger charge is 2.19. The molecule has 1 aromatic rings. The molecule has 2 N–H and O–H groups in total. The van der Waals surface area contributed by atoms with Crippen LogP contribution in [0.4, 0.5) is 0 Å². The molecule has 0 fully saturated rings. The second-order valence-corrected chi connectivity index (χ2v) is 2.70. The number of ether oxygens (including phenoxy) is 1. The molecule has 0 saturated heterocycles. The van der Waals surface area contributed by atoms with Gasteiger partial charge in [0.15, 0.2) is 6.10 Å². The Morgan fingerprint density at radius 1 is 1.62 bits per heavy atom. The predicted octanol–water partition coefficient (Wildman–Crippen LogP) is 0.341. The summed E-state index contributed by atoms with van der Waals surface area (Å²) in [4.78, 5) is 14.8. The second-order valence-electron chi connectivity index (χ2n) is 2.70. The van der Waals surface area contributed by atoms with E-state index in [0.29, 0.717) is 5.88 Å². The predicted molar refractivity (Wildman–Crippen MR) is 46.9 cm³/mol. The summed E-state index contributed by atoms with van der Waals surface area (Å²) in [6.45, 7) is 0. The SMILES string of the molecule is NC(=O)C1C=Cc2cccnc2O1. The zero-order chi connectivity index (χ0) is 9.26. The van der Waals surface area contributed by atoms with Crippen molar-refractivity contribution >= 4 is 12.0 Å². The van der Waals surface area contributed by atoms with Gasteiger partial charge in [-0.3, -0.25) is 4.79 Å². The van der Waals surface area contributed by atoms with Crippen LogP contribution in [0.1, 0.15) is 5.56 Å². The Labute approximate surface area is 75.0 Å². The van der Waals surface area contributed by atoms with E-state index in [-0.39, 0.29) is 0 Å². The molecule has 4 nitrogen and oxygen atoms in total. The van der Waals surface area contributed by atoms with Crippen LogP contribution < -0.4 is 10.5 Å². The number of carbonyl (C=O) groups excluding carboxylic acids is 1. The van der Waals surface area contributed by atoms with Gasteiger partial charge in [-0.15, -0.1) is 0 Å². The fraction of sp³-hybridized carbons (Fsp3) is 0.111. The van der Waals surface area contributed by atoms with Crippen LogP contribution in [0, 0.1) is 0 Å². The molecule has 66 valence electrons. The Kier molecular flexibility index (Phi) is 1.73. The average Bonchev–Trinajstić information content (AvgIpc) is 2.17. The Bertz CT molecular complexity index is 374. The van der Waals surface area contributed by atoms with Gasteiger partial charge in [0.2, 0.25) is 5.88 Å². The number of nitrogens with two attached hydrogens (primary N) is 1. The van der Waals surface area contributed by atoms with Crippen LogP contribution in [0.25, 0.3) is 6.08 Å². The van der Waals surface area contributed by atoms with Gasteiger partial charge in [0.25, 0.3) is 5.91 Å². The third kappa shape index (κ3) is 1.38. The molecule has 1 aliphatic heterocycles. The van der Waals surface area contributed by atoms with Crippen LogP contribution in [0.5, 0.6) is 5.88 Å². The number of aromatic nitrogens is 1. The molecule has 0 saturated carbocycles. The molecule has 0 radical (unpaired) electrons. The summed E-state index contributed by atoms with van der Waals surface area (Å²) < 4.78 is 5.22. The monoisotopic (exact) mass is 176 g/mol. The number of hydrogen-bond acceptors (Lipinski definition) is 3. The van der Waals surface area contributed by atoms with E-state index >= 15 is 0 Å². The van der Waals surface area contributed by atoms with E-state index in [9.17, 15) is 4.79 Å². The molecule has 2 rings (SSSR count). The van der Waals surface area contributed by atoms with Crippen molar-refractivity contribution in [1.82, 2.24) is 4.98 Å². The maximum absolute atomic E-state index is 10.8. The summed E-state index contributed by atoms with van der Waals surface area (Å²) in [6.07, 6.45) is 4.31. The molecular formula is C9H8N2O2. The number of rotatable bonds is 1. The standard InChI is InChI=1S/C9H8N2O2/c10-8(12)7-4-3-6-2-1-5-11-9(6)13-7/h1-5,7H,(H2,10,12). The van der Waals surface area contributed by atoms with Crippen molar-refractivity contribution in [3.05, 3.63) is 30.0 Å². The Morgan fingerprint density at radius 2 is 2.46 bits per heavy atom. The number of nitrogens with zero attached hydrogens (tertiary/aromatic N) is 1. The first-order valence-corrected chi connectivity index (χ1v) is 3.86. The first-order chi connectivity index (χ1) is 6.27. The van der Waals surface area contributed by atoms with Crippen molar-refractivity contribution in [2.24, 2.45) is 5.73 Å². The zero-order valence-corrected chi connectivity index (χ0v) is 6.81. The van der Waals surface area contributed by atoms with E-state index < -0.39 is 12.0 Å². The van der Waals surface area contributed by atoms with Crippen LogP contribution >= 0.6 is 0 Å². The van der Waals surface area contributed by atoms with Gasteiger partial charge in [-0.25, -0.2) is 4.98 Å². The molecule has 2 heterocycles. The summed E-state index contributed by atoms with van der Waals surface area (Å²) in [6, 6.07) is 3.66. The van der Waals surface area contributed by atoms with E-state index in [2.05, 4.69) is 4.98 Å². The molecular weight excluding hydrogens is 168 g/mol. The number of fused-ring (bicyclic) bond motifs is 1. The topological polar surface area (TPSA) is 65.2 Å². The third-order valence-electron chi connectivity index (χ3n) is 1.77. The summed E-state index contributed by atoms with van der Waals surface area (Å²) in [5.74, 6) is -0.0543. The fourth-order valence-corrected chi connectivity index (χ4v) is 1.13. The lowest BCUT2D eigenvalue weighted by molar-refractivity contribution is -0.122. The Hall–Kier alpha value is -1.84. The van der Waals surface area contributed by atoms with E-state index in [4.69, 9.17) is 10.5 Å². The fourth-order valence-electron chi connectivity index (χ4n) is 1.13. The second kappa shape index (κ2) is 2.90. The van der Waals surface area contributed by atoms with Crippen LogP contribution in [0.15, 0.2) is 24.4 Å². The van der Waals surface area contributed by atoms with Crippen LogP contribution in [0.2, 0.25) is 0 Å². The highest BCUT2D eigenvalue weighted by molar-refractivity contribution is 5.83. The van der Waals surface area contributed by atoms with E-state index in [1.165, 1.54) is 0 Å². The minimum atomic E-state index is -0.692. The van der Waals surface area contributed by atoms with E-state index in [1.807, 2.05) is 6.07 Å². The number of amides is 1. The van der Waals surface area contributed by atoms with Gasteiger partial charge in [0.1, 0.15) is 0 Å². The minimum absolute atomic E-state index is 0.453. The molecule has 0 aliphatic carbocycles. The molecule has 13 heavy (non-hydrogen) atoms. The van der Waals surface area contributed by atoms with Crippen molar-refractivity contribution in [1.29, 1.82) is 0 Å². The summed E-state index contributed by atoms with van der Waals surface area (Å²) in [7, 11) is 0. The molecule has 4 heteroatoms. The lowest BCUT2D eigenvalue weighted by Gasteiger charge is -2.16. The molecule has 1 amide bonds.